The van der Waals surface area contributed by atoms with Crippen molar-refractivity contribution in [3.05, 3.63) is 11.6 Å². The standard InChI is InChI=1S/C25H40O3/c1-16(2)5-10-23(27)28-18-11-13-24(3)17(15-18)6-7-19-20-8-9-22(26)25(20,4)14-12-21(19)24/h6,16,18-22,26H,5,7-15H2,1-4H3/t18-,19+,20+,21+,22-,24+,25+/m1/s1. The molecule has 3 nitrogen and oxygen atoms in total. The summed E-state index contributed by atoms with van der Waals surface area (Å²) in [5.41, 5.74) is 1.98. The van der Waals surface area contributed by atoms with E-state index in [1.807, 2.05) is 0 Å². The summed E-state index contributed by atoms with van der Waals surface area (Å²) in [4.78, 5) is 12.2. The Kier molecular flexibility index (Phi) is 5.44. The molecule has 0 aromatic heterocycles. The lowest BCUT2D eigenvalue weighted by Crippen LogP contribution is -2.51. The van der Waals surface area contributed by atoms with Crippen LogP contribution < -0.4 is 0 Å². The molecule has 0 heterocycles. The summed E-state index contributed by atoms with van der Waals surface area (Å²) < 4.78 is 5.86. The summed E-state index contributed by atoms with van der Waals surface area (Å²) in [5.74, 6) is 2.70. The molecule has 28 heavy (non-hydrogen) atoms. The van der Waals surface area contributed by atoms with Crippen molar-refractivity contribution in [2.75, 3.05) is 0 Å². The van der Waals surface area contributed by atoms with Gasteiger partial charge in [-0.25, -0.2) is 0 Å². The van der Waals surface area contributed by atoms with Crippen LogP contribution in [0.15, 0.2) is 11.6 Å². The molecular formula is C25H40O3. The fraction of sp³-hybridized carbons (Fsp3) is 0.880. The molecule has 7 atom stereocenters. The maximum absolute atomic E-state index is 12.2. The molecule has 158 valence electrons. The summed E-state index contributed by atoms with van der Waals surface area (Å²) in [5, 5.41) is 10.6. The number of esters is 1. The van der Waals surface area contributed by atoms with Gasteiger partial charge < -0.3 is 9.84 Å². The highest BCUT2D eigenvalue weighted by Crippen LogP contribution is 2.64. The highest BCUT2D eigenvalue weighted by atomic mass is 16.5. The number of fused-ring (bicyclic) bond motifs is 5. The van der Waals surface area contributed by atoms with Crippen LogP contribution in [0.1, 0.15) is 91.9 Å². The number of hydrogen-bond donors (Lipinski definition) is 1. The predicted molar refractivity (Wildman–Crippen MR) is 112 cm³/mol. The third-order valence-electron chi connectivity index (χ3n) is 9.23. The fourth-order valence-electron chi connectivity index (χ4n) is 7.35. The number of ether oxygens (including phenoxy) is 1. The second-order valence-corrected chi connectivity index (χ2v) is 11.2. The maximum Gasteiger partial charge on any atom is 0.306 e. The van der Waals surface area contributed by atoms with Gasteiger partial charge in [0.05, 0.1) is 6.10 Å². The molecule has 0 aromatic carbocycles. The van der Waals surface area contributed by atoms with Crippen LogP contribution in [0.25, 0.3) is 0 Å². The summed E-state index contributed by atoms with van der Waals surface area (Å²) in [7, 11) is 0. The van der Waals surface area contributed by atoms with Gasteiger partial charge in [0, 0.05) is 12.8 Å². The summed E-state index contributed by atoms with van der Waals surface area (Å²) in [6, 6.07) is 0. The minimum absolute atomic E-state index is 0.00929. The van der Waals surface area contributed by atoms with Crippen molar-refractivity contribution >= 4 is 5.97 Å². The Labute approximate surface area is 171 Å². The third-order valence-corrected chi connectivity index (χ3v) is 9.23. The Bertz CT molecular complexity index is 638. The summed E-state index contributed by atoms with van der Waals surface area (Å²) in [6.45, 7) is 9.14. The average Bonchev–Trinajstić information content (AvgIpc) is 2.95. The Morgan fingerprint density at radius 3 is 2.71 bits per heavy atom. The van der Waals surface area contributed by atoms with E-state index in [4.69, 9.17) is 4.74 Å². The van der Waals surface area contributed by atoms with Gasteiger partial charge in [0.2, 0.25) is 0 Å². The van der Waals surface area contributed by atoms with Crippen LogP contribution >= 0.6 is 0 Å². The van der Waals surface area contributed by atoms with E-state index in [0.717, 1.165) is 50.4 Å². The first-order valence-electron chi connectivity index (χ1n) is 11.8. The summed E-state index contributed by atoms with van der Waals surface area (Å²) >= 11 is 0. The van der Waals surface area contributed by atoms with E-state index in [1.165, 1.54) is 19.3 Å². The SMILES string of the molecule is CC(C)CCC(=O)O[C@@H]1CC[C@@]2(C)C(=CC[C@H]3[C@@H]4CC[C@@H](O)[C@@]4(C)CC[C@@H]32)C1. The lowest BCUT2D eigenvalue weighted by Gasteiger charge is -2.57. The van der Waals surface area contributed by atoms with Gasteiger partial charge in [-0.3, -0.25) is 4.79 Å². The van der Waals surface area contributed by atoms with Crippen molar-refractivity contribution < 1.29 is 14.6 Å². The fourth-order valence-corrected chi connectivity index (χ4v) is 7.35. The number of aliphatic hydroxyl groups is 1. The highest BCUT2D eigenvalue weighted by molar-refractivity contribution is 5.69. The van der Waals surface area contributed by atoms with Gasteiger partial charge in [-0.2, -0.15) is 0 Å². The minimum atomic E-state index is -0.0994. The van der Waals surface area contributed by atoms with E-state index in [0.29, 0.717) is 18.3 Å². The average molecular weight is 389 g/mol. The van der Waals surface area contributed by atoms with Crippen molar-refractivity contribution in [2.45, 2.75) is 104 Å². The van der Waals surface area contributed by atoms with E-state index in [9.17, 15) is 9.90 Å². The van der Waals surface area contributed by atoms with Gasteiger partial charge in [-0.1, -0.05) is 39.3 Å². The van der Waals surface area contributed by atoms with E-state index < -0.39 is 0 Å². The van der Waals surface area contributed by atoms with Crippen LogP contribution in [0.2, 0.25) is 0 Å². The first-order valence-corrected chi connectivity index (χ1v) is 11.8. The number of rotatable bonds is 4. The molecule has 0 spiro atoms. The topological polar surface area (TPSA) is 46.5 Å². The van der Waals surface area contributed by atoms with Crippen molar-refractivity contribution in [3.8, 4) is 0 Å². The molecule has 3 fully saturated rings. The van der Waals surface area contributed by atoms with Crippen molar-refractivity contribution in [1.82, 2.24) is 0 Å². The molecule has 4 aliphatic rings. The van der Waals surface area contributed by atoms with Gasteiger partial charge >= 0.3 is 5.97 Å². The van der Waals surface area contributed by atoms with Crippen LogP contribution in [0.4, 0.5) is 0 Å². The van der Waals surface area contributed by atoms with Crippen LogP contribution in [0, 0.1) is 34.5 Å². The zero-order chi connectivity index (χ0) is 20.1. The molecule has 1 N–H and O–H groups in total. The largest absolute Gasteiger partial charge is 0.462 e. The Morgan fingerprint density at radius 1 is 1.18 bits per heavy atom. The smallest absolute Gasteiger partial charge is 0.306 e. The molecule has 0 bridgehead atoms. The van der Waals surface area contributed by atoms with Gasteiger partial charge in [0.15, 0.2) is 0 Å². The van der Waals surface area contributed by atoms with Crippen molar-refractivity contribution in [3.63, 3.8) is 0 Å². The van der Waals surface area contributed by atoms with Crippen molar-refractivity contribution in [1.29, 1.82) is 0 Å². The molecule has 0 radical (unpaired) electrons. The zero-order valence-electron chi connectivity index (χ0n) is 18.4. The number of allylic oxidation sites excluding steroid dienone is 1. The first kappa shape index (κ1) is 20.4. The molecule has 4 rings (SSSR count). The molecular weight excluding hydrogens is 348 g/mol. The van der Waals surface area contributed by atoms with Gasteiger partial charge in [0.25, 0.3) is 0 Å². The maximum atomic E-state index is 12.2. The summed E-state index contributed by atoms with van der Waals surface area (Å²) in [6.07, 6.45) is 12.8. The Morgan fingerprint density at radius 2 is 1.96 bits per heavy atom. The predicted octanol–water partition coefficient (Wildman–Crippen LogP) is 5.66. The van der Waals surface area contributed by atoms with Crippen LogP contribution in [-0.4, -0.2) is 23.3 Å². The van der Waals surface area contributed by atoms with Crippen LogP contribution in [0.5, 0.6) is 0 Å². The molecule has 3 heteroatoms. The second-order valence-electron chi connectivity index (χ2n) is 11.2. The van der Waals surface area contributed by atoms with E-state index in [-0.39, 0.29) is 29.0 Å². The normalized spacial score (nSPS) is 45.1. The monoisotopic (exact) mass is 388 g/mol. The van der Waals surface area contributed by atoms with Crippen LogP contribution in [0.3, 0.4) is 0 Å². The van der Waals surface area contributed by atoms with Crippen molar-refractivity contribution in [2.24, 2.45) is 34.5 Å². The van der Waals surface area contributed by atoms with Gasteiger partial charge in [0.1, 0.15) is 6.10 Å². The molecule has 0 saturated heterocycles. The Balaban J connectivity index is 1.44. The molecule has 0 aliphatic heterocycles. The lowest BCUT2D eigenvalue weighted by atomic mass is 9.48. The van der Waals surface area contributed by atoms with E-state index >= 15 is 0 Å². The Hall–Kier alpha value is -0.830. The quantitative estimate of drug-likeness (QED) is 0.499. The zero-order valence-corrected chi connectivity index (χ0v) is 18.4. The minimum Gasteiger partial charge on any atom is -0.462 e. The second kappa shape index (κ2) is 7.45. The number of aliphatic hydroxyl groups excluding tert-OH is 1. The molecule has 3 saturated carbocycles. The number of carbonyl (C=O) groups excluding carboxylic acids is 1. The molecule has 0 unspecified atom stereocenters. The molecule has 0 aromatic rings. The van der Waals surface area contributed by atoms with Gasteiger partial charge in [-0.05, 0) is 85.9 Å². The third kappa shape index (κ3) is 3.36. The number of carbonyl (C=O) groups is 1. The highest BCUT2D eigenvalue weighted by Gasteiger charge is 2.58. The van der Waals surface area contributed by atoms with Gasteiger partial charge in [-0.15, -0.1) is 0 Å². The van der Waals surface area contributed by atoms with E-state index in [2.05, 4.69) is 33.8 Å². The molecule has 4 aliphatic carbocycles. The first-order chi connectivity index (χ1) is 13.2. The molecule has 0 amide bonds. The number of hydrogen-bond acceptors (Lipinski definition) is 3. The van der Waals surface area contributed by atoms with Crippen LogP contribution in [-0.2, 0) is 9.53 Å². The van der Waals surface area contributed by atoms with E-state index in [1.54, 1.807) is 5.57 Å². The lowest BCUT2D eigenvalue weighted by molar-refractivity contribution is -0.151.